The van der Waals surface area contributed by atoms with E-state index in [-0.39, 0.29) is 11.9 Å². The largest absolute Gasteiger partial charge is 0.480 e. The highest BCUT2D eigenvalue weighted by atomic mass is 16.4. The number of rotatable bonds is 6. The average Bonchev–Trinajstić information content (AvgIpc) is 3.30. The average molecular weight is 297 g/mol. The molecule has 3 N–H and O–H groups in total. The van der Waals surface area contributed by atoms with E-state index in [1.807, 2.05) is 0 Å². The highest BCUT2D eigenvalue weighted by Gasteiger charge is 2.48. The number of nitrogens with one attached hydrogen (secondary N) is 2. The van der Waals surface area contributed by atoms with Crippen LogP contribution >= 0.6 is 0 Å². The molecule has 1 saturated heterocycles. The van der Waals surface area contributed by atoms with Crippen LogP contribution in [0.25, 0.3) is 0 Å². The summed E-state index contributed by atoms with van der Waals surface area (Å²) in [6, 6.07) is -0.357. The molecule has 0 aromatic carbocycles. The number of amides is 2. The Morgan fingerprint density at radius 2 is 1.86 bits per heavy atom. The van der Waals surface area contributed by atoms with Crippen LogP contribution in [0.5, 0.6) is 0 Å². The number of carboxylic acid groups (broad SMARTS) is 1. The zero-order valence-corrected chi connectivity index (χ0v) is 13.0. The number of hydrogen-bond acceptors (Lipinski definition) is 3. The van der Waals surface area contributed by atoms with Crippen molar-refractivity contribution in [1.29, 1.82) is 0 Å². The van der Waals surface area contributed by atoms with Crippen LogP contribution in [0.15, 0.2) is 0 Å². The van der Waals surface area contributed by atoms with Crippen LogP contribution < -0.4 is 10.6 Å². The number of aliphatic carboxylic acids is 1. The van der Waals surface area contributed by atoms with E-state index in [1.54, 1.807) is 6.92 Å². The van der Waals surface area contributed by atoms with Gasteiger partial charge >= 0.3 is 12.0 Å². The van der Waals surface area contributed by atoms with Crippen LogP contribution in [0.1, 0.15) is 39.5 Å². The third kappa shape index (κ3) is 4.09. The molecule has 6 heteroatoms. The lowest BCUT2D eigenvalue weighted by molar-refractivity contribution is -0.144. The number of hydrogen-bond donors (Lipinski definition) is 3. The molecular formula is C15H27N3O3. The first-order valence-electron chi connectivity index (χ1n) is 7.97. The molecule has 0 aromatic heterocycles. The van der Waals surface area contributed by atoms with Gasteiger partial charge in [0.15, 0.2) is 0 Å². The monoisotopic (exact) mass is 297 g/mol. The molecule has 2 amide bonds. The van der Waals surface area contributed by atoms with E-state index in [0.29, 0.717) is 12.5 Å². The summed E-state index contributed by atoms with van der Waals surface area (Å²) in [4.78, 5) is 25.7. The van der Waals surface area contributed by atoms with Crippen molar-refractivity contribution >= 4 is 12.0 Å². The first kappa shape index (κ1) is 16.1. The fourth-order valence-electron chi connectivity index (χ4n) is 3.01. The summed E-state index contributed by atoms with van der Waals surface area (Å²) < 4.78 is 0. The van der Waals surface area contributed by atoms with E-state index in [4.69, 9.17) is 0 Å². The molecule has 1 unspecified atom stereocenters. The SMILES string of the molecule is CCN1CCC(CNC(=O)NC(C)(C(=O)O)C2CC2)CC1. The van der Waals surface area contributed by atoms with Gasteiger partial charge in [0.05, 0.1) is 0 Å². The minimum absolute atomic E-state index is 0.0635. The van der Waals surface area contributed by atoms with Crippen LogP contribution in [0.3, 0.4) is 0 Å². The zero-order valence-electron chi connectivity index (χ0n) is 13.0. The molecule has 1 aliphatic carbocycles. The summed E-state index contributed by atoms with van der Waals surface area (Å²) in [5.74, 6) is -0.388. The van der Waals surface area contributed by atoms with Crippen molar-refractivity contribution in [2.24, 2.45) is 11.8 Å². The highest BCUT2D eigenvalue weighted by Crippen LogP contribution is 2.39. The fraction of sp³-hybridized carbons (Fsp3) is 0.867. The number of carboxylic acids is 1. The third-order valence-electron chi connectivity index (χ3n) is 4.92. The van der Waals surface area contributed by atoms with Gasteiger partial charge in [0.2, 0.25) is 0 Å². The Hall–Kier alpha value is -1.30. The van der Waals surface area contributed by atoms with Crippen molar-refractivity contribution < 1.29 is 14.7 Å². The first-order chi connectivity index (χ1) is 9.95. The molecule has 1 heterocycles. The standard InChI is InChI=1S/C15H27N3O3/c1-3-18-8-6-11(7-9-18)10-16-14(21)17-15(2,13(19)20)12-4-5-12/h11-12H,3-10H2,1-2H3,(H,19,20)(H2,16,17,21). The van der Waals surface area contributed by atoms with E-state index in [0.717, 1.165) is 45.3 Å². The lowest BCUT2D eigenvalue weighted by Crippen LogP contribution is -2.57. The topological polar surface area (TPSA) is 81.7 Å². The molecule has 0 aromatic rings. The lowest BCUT2D eigenvalue weighted by Gasteiger charge is -2.31. The van der Waals surface area contributed by atoms with Gasteiger partial charge in [-0.2, -0.15) is 0 Å². The van der Waals surface area contributed by atoms with E-state index in [9.17, 15) is 14.7 Å². The fourth-order valence-corrected chi connectivity index (χ4v) is 3.01. The van der Waals surface area contributed by atoms with E-state index in [2.05, 4.69) is 22.5 Å². The van der Waals surface area contributed by atoms with Gasteiger partial charge in [-0.25, -0.2) is 9.59 Å². The maximum Gasteiger partial charge on any atom is 0.329 e. The quantitative estimate of drug-likeness (QED) is 0.689. The van der Waals surface area contributed by atoms with Crippen LogP contribution in [0.2, 0.25) is 0 Å². The van der Waals surface area contributed by atoms with Crippen molar-refractivity contribution in [2.45, 2.75) is 45.1 Å². The number of piperidine rings is 1. The predicted molar refractivity (Wildman–Crippen MR) is 80.1 cm³/mol. The number of carbonyl (C=O) groups is 2. The molecule has 0 spiro atoms. The van der Waals surface area contributed by atoms with Gasteiger partial charge in [-0.05, 0) is 64.1 Å². The Morgan fingerprint density at radius 1 is 1.24 bits per heavy atom. The van der Waals surface area contributed by atoms with Crippen molar-refractivity contribution in [1.82, 2.24) is 15.5 Å². The smallest absolute Gasteiger partial charge is 0.329 e. The molecule has 1 aliphatic heterocycles. The minimum atomic E-state index is -1.13. The first-order valence-corrected chi connectivity index (χ1v) is 7.97. The second-order valence-corrected chi connectivity index (χ2v) is 6.49. The van der Waals surface area contributed by atoms with Crippen LogP contribution in [0, 0.1) is 11.8 Å². The molecule has 0 radical (unpaired) electrons. The number of carbonyl (C=O) groups excluding carboxylic acids is 1. The van der Waals surface area contributed by atoms with Gasteiger partial charge < -0.3 is 20.6 Å². The summed E-state index contributed by atoms with van der Waals surface area (Å²) in [5, 5.41) is 14.8. The van der Waals surface area contributed by atoms with E-state index in [1.165, 1.54) is 0 Å². The predicted octanol–water partition coefficient (Wildman–Crippen LogP) is 1.27. The summed E-state index contributed by atoms with van der Waals surface area (Å²) in [7, 11) is 0. The molecule has 0 bridgehead atoms. The normalized spacial score (nSPS) is 23.3. The maximum absolute atomic E-state index is 12.0. The minimum Gasteiger partial charge on any atom is -0.480 e. The molecule has 2 fully saturated rings. The molecule has 120 valence electrons. The van der Waals surface area contributed by atoms with Crippen LogP contribution in [0.4, 0.5) is 4.79 Å². The Bertz CT molecular complexity index is 390. The van der Waals surface area contributed by atoms with Crippen molar-refractivity contribution in [2.75, 3.05) is 26.2 Å². The van der Waals surface area contributed by atoms with Crippen LogP contribution in [-0.2, 0) is 4.79 Å². The lowest BCUT2D eigenvalue weighted by atomic mass is 9.96. The third-order valence-corrected chi connectivity index (χ3v) is 4.92. The molecule has 1 atom stereocenters. The summed E-state index contributed by atoms with van der Waals surface area (Å²) in [6.45, 7) is 7.64. The Labute approximate surface area is 126 Å². The van der Waals surface area contributed by atoms with Crippen molar-refractivity contribution in [3.05, 3.63) is 0 Å². The van der Waals surface area contributed by atoms with Crippen LogP contribution in [-0.4, -0.2) is 53.7 Å². The highest BCUT2D eigenvalue weighted by molar-refractivity contribution is 5.86. The molecule has 2 rings (SSSR count). The Morgan fingerprint density at radius 3 is 2.33 bits per heavy atom. The van der Waals surface area contributed by atoms with Gasteiger partial charge in [0.25, 0.3) is 0 Å². The van der Waals surface area contributed by atoms with E-state index >= 15 is 0 Å². The maximum atomic E-state index is 12.0. The van der Waals surface area contributed by atoms with Gasteiger partial charge in [-0.1, -0.05) is 6.92 Å². The molecular weight excluding hydrogens is 270 g/mol. The summed E-state index contributed by atoms with van der Waals surface area (Å²) in [6.07, 6.45) is 3.93. The van der Waals surface area contributed by atoms with E-state index < -0.39 is 11.5 Å². The van der Waals surface area contributed by atoms with Crippen molar-refractivity contribution in [3.8, 4) is 0 Å². The second-order valence-electron chi connectivity index (χ2n) is 6.49. The molecule has 2 aliphatic rings. The molecule has 1 saturated carbocycles. The second kappa shape index (κ2) is 6.64. The summed E-state index contributed by atoms with van der Waals surface area (Å²) in [5.41, 5.74) is -1.13. The molecule has 6 nitrogen and oxygen atoms in total. The summed E-state index contributed by atoms with van der Waals surface area (Å²) >= 11 is 0. The zero-order chi connectivity index (χ0) is 15.5. The molecule has 21 heavy (non-hydrogen) atoms. The van der Waals surface area contributed by atoms with Gasteiger partial charge in [-0.15, -0.1) is 0 Å². The number of nitrogens with zero attached hydrogens (tertiary/aromatic N) is 1. The number of likely N-dealkylation sites (tertiary alicyclic amines) is 1. The van der Waals surface area contributed by atoms with Crippen molar-refractivity contribution in [3.63, 3.8) is 0 Å². The Balaban J connectivity index is 1.73. The number of urea groups is 1. The van der Waals surface area contributed by atoms with Gasteiger partial charge in [-0.3, -0.25) is 0 Å². The van der Waals surface area contributed by atoms with Gasteiger partial charge in [0.1, 0.15) is 5.54 Å². The Kier molecular flexibility index (Phi) is 5.08. The van der Waals surface area contributed by atoms with Gasteiger partial charge in [0, 0.05) is 6.54 Å².